The first-order valence-electron chi connectivity index (χ1n) is 6.81. The summed E-state index contributed by atoms with van der Waals surface area (Å²) in [6.45, 7) is 4.22. The van der Waals surface area contributed by atoms with E-state index in [2.05, 4.69) is 35.3 Å². The van der Waals surface area contributed by atoms with Crippen LogP contribution in [0.5, 0.6) is 0 Å². The van der Waals surface area contributed by atoms with Gasteiger partial charge in [0.2, 0.25) is 0 Å². The van der Waals surface area contributed by atoms with Crippen molar-refractivity contribution in [2.45, 2.75) is 32.7 Å². The Bertz CT molecular complexity index is 687. The Labute approximate surface area is 117 Å². The van der Waals surface area contributed by atoms with Gasteiger partial charge in [0.15, 0.2) is 5.65 Å². The van der Waals surface area contributed by atoms with Crippen molar-refractivity contribution in [1.29, 1.82) is 0 Å². The van der Waals surface area contributed by atoms with Crippen LogP contribution in [0.25, 0.3) is 5.65 Å². The summed E-state index contributed by atoms with van der Waals surface area (Å²) in [6, 6.07) is 8.37. The highest BCUT2D eigenvalue weighted by Gasteiger charge is 2.08. The predicted molar refractivity (Wildman–Crippen MR) is 77.8 cm³/mol. The lowest BCUT2D eigenvalue weighted by Crippen LogP contribution is -2.18. The number of hydrogen-bond donors (Lipinski definition) is 1. The molecule has 0 saturated carbocycles. The van der Waals surface area contributed by atoms with Crippen molar-refractivity contribution in [2.24, 2.45) is 0 Å². The molecule has 3 aromatic heterocycles. The maximum atomic E-state index is 5.36. The molecule has 0 radical (unpaired) electrons. The lowest BCUT2D eigenvalue weighted by Gasteiger charge is -2.15. The summed E-state index contributed by atoms with van der Waals surface area (Å²) >= 11 is 0. The quantitative estimate of drug-likeness (QED) is 0.774. The molecule has 3 heterocycles. The molecule has 5 heteroatoms. The summed E-state index contributed by atoms with van der Waals surface area (Å²) in [6.07, 6.45) is 5.21. The molecule has 1 atom stereocenters. The first-order chi connectivity index (χ1) is 9.72. The highest BCUT2D eigenvalue weighted by molar-refractivity contribution is 5.51. The molecule has 104 valence electrons. The Hall–Kier alpha value is -2.30. The van der Waals surface area contributed by atoms with Gasteiger partial charge >= 0.3 is 0 Å². The predicted octanol–water partition coefficient (Wildman–Crippen LogP) is 3.06. The molecule has 5 nitrogen and oxygen atoms in total. The summed E-state index contributed by atoms with van der Waals surface area (Å²) < 4.78 is 7.19. The van der Waals surface area contributed by atoms with Crippen molar-refractivity contribution in [2.75, 3.05) is 5.32 Å². The smallest absolute Gasteiger partial charge is 0.157 e. The zero-order chi connectivity index (χ0) is 13.9. The molecule has 0 spiro atoms. The average molecular weight is 270 g/mol. The van der Waals surface area contributed by atoms with Gasteiger partial charge in [-0.25, -0.2) is 4.98 Å². The zero-order valence-corrected chi connectivity index (χ0v) is 11.7. The van der Waals surface area contributed by atoms with Gasteiger partial charge in [-0.2, -0.15) is 9.61 Å². The van der Waals surface area contributed by atoms with Crippen molar-refractivity contribution in [3.05, 3.63) is 48.2 Å². The molecule has 0 amide bonds. The Balaban J connectivity index is 1.70. The summed E-state index contributed by atoms with van der Waals surface area (Å²) in [5.74, 6) is 2.00. The minimum Gasteiger partial charge on any atom is -0.469 e. The largest absolute Gasteiger partial charge is 0.469 e. The SMILES string of the molecule is Cc1cc(NC(C)CCc2ccco2)n2ncnc2c1. The number of nitrogens with one attached hydrogen (secondary N) is 1. The third-order valence-electron chi connectivity index (χ3n) is 3.32. The Morgan fingerprint density at radius 3 is 3.10 bits per heavy atom. The van der Waals surface area contributed by atoms with E-state index in [0.29, 0.717) is 6.04 Å². The van der Waals surface area contributed by atoms with Crippen LogP contribution in [-0.2, 0) is 6.42 Å². The second kappa shape index (κ2) is 5.36. The standard InChI is InChI=1S/C15H18N4O/c1-11-8-14-16-10-17-19(14)15(9-11)18-12(2)5-6-13-4-3-7-20-13/h3-4,7-10,12,18H,5-6H2,1-2H3. The van der Waals surface area contributed by atoms with Gasteiger partial charge in [0.25, 0.3) is 0 Å². The minimum atomic E-state index is 0.328. The minimum absolute atomic E-state index is 0.328. The maximum absolute atomic E-state index is 5.36. The van der Waals surface area contributed by atoms with Crippen LogP contribution in [0.4, 0.5) is 5.82 Å². The number of anilines is 1. The summed E-state index contributed by atoms with van der Waals surface area (Å²) in [5.41, 5.74) is 2.04. The van der Waals surface area contributed by atoms with Crippen LogP contribution in [0, 0.1) is 6.92 Å². The fourth-order valence-electron chi connectivity index (χ4n) is 2.30. The maximum Gasteiger partial charge on any atom is 0.157 e. The number of furan rings is 1. The Morgan fingerprint density at radius 2 is 2.30 bits per heavy atom. The topological polar surface area (TPSA) is 55.4 Å². The lowest BCUT2D eigenvalue weighted by molar-refractivity contribution is 0.494. The van der Waals surface area contributed by atoms with Gasteiger partial charge < -0.3 is 9.73 Å². The number of fused-ring (bicyclic) bond motifs is 1. The fraction of sp³-hybridized carbons (Fsp3) is 0.333. The van der Waals surface area contributed by atoms with Crippen LogP contribution in [0.3, 0.4) is 0 Å². The summed E-state index contributed by atoms with van der Waals surface area (Å²) in [5, 5.41) is 7.74. The normalized spacial score (nSPS) is 12.7. The van der Waals surface area contributed by atoms with Gasteiger partial charge in [0.05, 0.1) is 6.26 Å². The van der Waals surface area contributed by atoms with E-state index >= 15 is 0 Å². The second-order valence-corrected chi connectivity index (χ2v) is 5.11. The monoisotopic (exact) mass is 270 g/mol. The average Bonchev–Trinajstić information content (AvgIpc) is 3.06. The summed E-state index contributed by atoms with van der Waals surface area (Å²) in [4.78, 5) is 4.23. The Kier molecular flexibility index (Phi) is 3.41. The first-order valence-corrected chi connectivity index (χ1v) is 6.81. The van der Waals surface area contributed by atoms with E-state index in [0.717, 1.165) is 30.1 Å². The van der Waals surface area contributed by atoms with Crippen molar-refractivity contribution < 1.29 is 4.42 Å². The van der Waals surface area contributed by atoms with Crippen LogP contribution in [0.15, 0.2) is 41.3 Å². The van der Waals surface area contributed by atoms with E-state index in [1.807, 2.05) is 22.7 Å². The fourth-order valence-corrected chi connectivity index (χ4v) is 2.30. The van der Waals surface area contributed by atoms with Crippen molar-refractivity contribution >= 4 is 11.5 Å². The zero-order valence-electron chi connectivity index (χ0n) is 11.7. The molecule has 0 bridgehead atoms. The highest BCUT2D eigenvalue weighted by Crippen LogP contribution is 2.16. The van der Waals surface area contributed by atoms with Gasteiger partial charge in [-0.15, -0.1) is 0 Å². The molecule has 3 rings (SSSR count). The van der Waals surface area contributed by atoms with Gasteiger partial charge in [-0.1, -0.05) is 0 Å². The van der Waals surface area contributed by atoms with Crippen LogP contribution < -0.4 is 5.32 Å². The van der Waals surface area contributed by atoms with Crippen molar-refractivity contribution in [3.8, 4) is 0 Å². The Morgan fingerprint density at radius 1 is 1.40 bits per heavy atom. The van der Waals surface area contributed by atoms with E-state index < -0.39 is 0 Å². The molecule has 1 unspecified atom stereocenters. The number of hydrogen-bond acceptors (Lipinski definition) is 4. The number of aryl methyl sites for hydroxylation is 2. The van der Waals surface area contributed by atoms with E-state index in [1.165, 1.54) is 5.56 Å². The molecule has 1 N–H and O–H groups in total. The van der Waals surface area contributed by atoms with Crippen molar-refractivity contribution in [1.82, 2.24) is 14.6 Å². The van der Waals surface area contributed by atoms with E-state index in [1.54, 1.807) is 12.6 Å². The van der Waals surface area contributed by atoms with Crippen LogP contribution in [0.1, 0.15) is 24.7 Å². The molecule has 0 aliphatic carbocycles. The molecular weight excluding hydrogens is 252 g/mol. The molecule has 0 aliphatic rings. The van der Waals surface area contributed by atoms with Gasteiger partial charge in [0, 0.05) is 12.5 Å². The molecular formula is C15H18N4O. The van der Waals surface area contributed by atoms with Gasteiger partial charge in [0.1, 0.15) is 17.9 Å². The highest BCUT2D eigenvalue weighted by atomic mass is 16.3. The molecule has 3 aromatic rings. The molecule has 0 fully saturated rings. The van der Waals surface area contributed by atoms with Crippen molar-refractivity contribution in [3.63, 3.8) is 0 Å². The van der Waals surface area contributed by atoms with Crippen LogP contribution in [-0.4, -0.2) is 20.6 Å². The number of nitrogens with zero attached hydrogens (tertiary/aromatic N) is 3. The molecule has 0 aromatic carbocycles. The van der Waals surface area contributed by atoms with E-state index in [-0.39, 0.29) is 0 Å². The van der Waals surface area contributed by atoms with Crippen LogP contribution in [0.2, 0.25) is 0 Å². The number of rotatable bonds is 5. The third kappa shape index (κ3) is 2.66. The van der Waals surface area contributed by atoms with Gasteiger partial charge in [-0.05, 0) is 50.1 Å². The second-order valence-electron chi connectivity index (χ2n) is 5.11. The van der Waals surface area contributed by atoms with Crippen LogP contribution >= 0.6 is 0 Å². The number of aromatic nitrogens is 3. The lowest BCUT2D eigenvalue weighted by atomic mass is 10.1. The summed E-state index contributed by atoms with van der Waals surface area (Å²) in [7, 11) is 0. The third-order valence-corrected chi connectivity index (χ3v) is 3.32. The van der Waals surface area contributed by atoms with Gasteiger partial charge in [-0.3, -0.25) is 0 Å². The first kappa shape index (κ1) is 12.7. The molecule has 20 heavy (non-hydrogen) atoms. The van der Waals surface area contributed by atoms with E-state index in [9.17, 15) is 0 Å². The van der Waals surface area contributed by atoms with E-state index in [4.69, 9.17) is 4.42 Å². The molecule has 0 aliphatic heterocycles. The number of pyridine rings is 1. The molecule has 0 saturated heterocycles.